The molecule has 0 aromatic carbocycles. The number of halogens is 3. The zero-order valence-corrected chi connectivity index (χ0v) is 16.5. The van der Waals surface area contributed by atoms with Crippen LogP contribution in [-0.4, -0.2) is 35.9 Å². The molecule has 0 unspecified atom stereocenters. The molecular weight excluding hydrogens is 421 g/mol. The Balaban J connectivity index is 1.60. The van der Waals surface area contributed by atoms with Crippen LogP contribution < -0.4 is 0 Å². The first-order valence-electron chi connectivity index (χ1n) is 8.83. The van der Waals surface area contributed by atoms with Crippen LogP contribution in [-0.2, 0) is 19.4 Å². The summed E-state index contributed by atoms with van der Waals surface area (Å²) in [6.45, 7) is -1.18. The summed E-state index contributed by atoms with van der Waals surface area (Å²) in [5, 5.41) is 9.78. The van der Waals surface area contributed by atoms with E-state index in [9.17, 15) is 13.2 Å². The number of alkyl halides is 3. The van der Waals surface area contributed by atoms with E-state index < -0.39 is 12.7 Å². The molecule has 0 spiro atoms. The maximum atomic E-state index is 13.3. The normalized spacial score (nSPS) is 13.9. The Labute approximate surface area is 171 Å². The Morgan fingerprint density at radius 2 is 1.93 bits per heavy atom. The van der Waals surface area contributed by atoms with E-state index in [1.807, 2.05) is 0 Å². The maximum absolute atomic E-state index is 13.3. The molecule has 0 radical (unpaired) electrons. The predicted octanol–water partition coefficient (Wildman–Crippen LogP) is 4.55. The van der Waals surface area contributed by atoms with Crippen molar-refractivity contribution in [3.8, 4) is 11.4 Å². The molecule has 0 atom stereocenters. The highest BCUT2D eigenvalue weighted by Crippen LogP contribution is 2.42. The Morgan fingerprint density at radius 3 is 2.72 bits per heavy atom. The van der Waals surface area contributed by atoms with E-state index >= 15 is 0 Å². The third kappa shape index (κ3) is 3.48. The van der Waals surface area contributed by atoms with E-state index in [2.05, 4.69) is 25.1 Å². The lowest BCUT2D eigenvalue weighted by atomic mass is 10.2. The van der Waals surface area contributed by atoms with E-state index in [1.54, 1.807) is 23.5 Å². The molecule has 29 heavy (non-hydrogen) atoms. The number of aryl methyl sites for hydroxylation is 2. The van der Waals surface area contributed by atoms with Gasteiger partial charge in [-0.2, -0.15) is 13.2 Å². The van der Waals surface area contributed by atoms with Gasteiger partial charge in [0.05, 0.1) is 0 Å². The van der Waals surface area contributed by atoms with Crippen LogP contribution in [0.2, 0.25) is 0 Å². The second kappa shape index (κ2) is 7.06. The average Bonchev–Trinajstić information content (AvgIpc) is 3.37. The van der Waals surface area contributed by atoms with Gasteiger partial charge in [0.25, 0.3) is 0 Å². The molecule has 0 fully saturated rings. The number of pyridine rings is 1. The van der Waals surface area contributed by atoms with E-state index in [4.69, 9.17) is 0 Å². The summed E-state index contributed by atoms with van der Waals surface area (Å²) in [5.41, 5.74) is 1.73. The molecule has 0 amide bonds. The summed E-state index contributed by atoms with van der Waals surface area (Å²) in [7, 11) is 0. The molecule has 4 aromatic heterocycles. The molecule has 1 aliphatic carbocycles. The van der Waals surface area contributed by atoms with E-state index in [1.165, 1.54) is 29.2 Å². The standard InChI is InChI=1S/C18H13F3N6S2/c19-18(20,21)8-27-14(10-4-6-22-7-5-10)25-26-17(27)29-16-13-11-2-1-3-12(11)28-15(13)23-9-24-16/h4-7,9H,1-3,8H2. The molecule has 0 bridgehead atoms. The van der Waals surface area contributed by atoms with Crippen LogP contribution in [0.1, 0.15) is 16.9 Å². The van der Waals surface area contributed by atoms with E-state index in [0.29, 0.717) is 10.6 Å². The van der Waals surface area contributed by atoms with Crippen LogP contribution in [0.4, 0.5) is 13.2 Å². The summed E-state index contributed by atoms with van der Waals surface area (Å²) in [6.07, 6.45) is 3.08. The van der Waals surface area contributed by atoms with Gasteiger partial charge in [-0.1, -0.05) is 0 Å². The molecule has 0 saturated heterocycles. The molecule has 4 aromatic rings. The number of nitrogens with zero attached hydrogens (tertiary/aromatic N) is 6. The van der Waals surface area contributed by atoms with Gasteiger partial charge in [-0.05, 0) is 48.7 Å². The lowest BCUT2D eigenvalue weighted by Gasteiger charge is -2.12. The Morgan fingerprint density at radius 1 is 1.10 bits per heavy atom. The fraction of sp³-hybridized carbons (Fsp3) is 0.278. The third-order valence-corrected chi connectivity index (χ3v) is 6.83. The van der Waals surface area contributed by atoms with E-state index in [0.717, 1.165) is 45.8 Å². The SMILES string of the molecule is FC(F)(F)Cn1c(Sc2ncnc3sc4c(c23)CCC4)nnc1-c1ccncc1. The zero-order valence-electron chi connectivity index (χ0n) is 14.8. The van der Waals surface area contributed by atoms with Gasteiger partial charge in [-0.25, -0.2) is 9.97 Å². The van der Waals surface area contributed by atoms with Crippen molar-refractivity contribution in [3.63, 3.8) is 0 Å². The molecule has 6 nitrogen and oxygen atoms in total. The first kappa shape index (κ1) is 18.5. The van der Waals surface area contributed by atoms with Gasteiger partial charge in [0, 0.05) is 28.2 Å². The topological polar surface area (TPSA) is 69.4 Å². The Bertz CT molecular complexity index is 1190. The molecular formula is C18H13F3N6S2. The van der Waals surface area contributed by atoms with Gasteiger partial charge in [-0.3, -0.25) is 9.55 Å². The van der Waals surface area contributed by atoms with Crippen molar-refractivity contribution < 1.29 is 13.2 Å². The summed E-state index contributed by atoms with van der Waals surface area (Å²) >= 11 is 2.73. The summed E-state index contributed by atoms with van der Waals surface area (Å²) < 4.78 is 41.0. The highest BCUT2D eigenvalue weighted by molar-refractivity contribution is 7.99. The van der Waals surface area contributed by atoms with Crippen molar-refractivity contribution in [3.05, 3.63) is 41.3 Å². The highest BCUT2D eigenvalue weighted by Gasteiger charge is 2.32. The minimum absolute atomic E-state index is 0.145. The van der Waals surface area contributed by atoms with Gasteiger partial charge in [-0.15, -0.1) is 21.5 Å². The minimum atomic E-state index is -4.41. The smallest absolute Gasteiger partial charge is 0.293 e. The number of hydrogen-bond donors (Lipinski definition) is 0. The Hall–Kier alpha value is -2.53. The van der Waals surface area contributed by atoms with Gasteiger partial charge < -0.3 is 0 Å². The van der Waals surface area contributed by atoms with Crippen LogP contribution in [0.25, 0.3) is 21.6 Å². The molecule has 0 saturated carbocycles. The van der Waals surface area contributed by atoms with Crippen LogP contribution in [0.3, 0.4) is 0 Å². The van der Waals surface area contributed by atoms with Crippen molar-refractivity contribution in [1.29, 1.82) is 0 Å². The van der Waals surface area contributed by atoms with Gasteiger partial charge in [0.2, 0.25) is 0 Å². The molecule has 4 heterocycles. The van der Waals surface area contributed by atoms with Crippen molar-refractivity contribution in [2.75, 3.05) is 0 Å². The minimum Gasteiger partial charge on any atom is -0.293 e. The first-order chi connectivity index (χ1) is 14.0. The summed E-state index contributed by atoms with van der Waals surface area (Å²) in [4.78, 5) is 14.8. The van der Waals surface area contributed by atoms with Gasteiger partial charge >= 0.3 is 6.18 Å². The predicted molar refractivity (Wildman–Crippen MR) is 103 cm³/mol. The van der Waals surface area contributed by atoms with Crippen LogP contribution in [0, 0.1) is 0 Å². The van der Waals surface area contributed by atoms with E-state index in [-0.39, 0.29) is 11.0 Å². The van der Waals surface area contributed by atoms with Crippen molar-refractivity contribution >= 4 is 33.3 Å². The number of hydrogen-bond acceptors (Lipinski definition) is 7. The summed E-state index contributed by atoms with van der Waals surface area (Å²) in [6, 6.07) is 3.22. The maximum Gasteiger partial charge on any atom is 0.406 e. The fourth-order valence-electron chi connectivity index (χ4n) is 3.46. The molecule has 0 N–H and O–H groups in total. The highest BCUT2D eigenvalue weighted by atomic mass is 32.2. The number of fused-ring (bicyclic) bond motifs is 3. The first-order valence-corrected chi connectivity index (χ1v) is 10.5. The largest absolute Gasteiger partial charge is 0.406 e. The van der Waals surface area contributed by atoms with Crippen molar-refractivity contribution in [2.45, 2.75) is 42.2 Å². The average molecular weight is 434 g/mol. The number of thiophene rings is 1. The van der Waals surface area contributed by atoms with Gasteiger partial charge in [0.1, 0.15) is 22.7 Å². The Kier molecular flexibility index (Phi) is 4.50. The second-order valence-electron chi connectivity index (χ2n) is 6.56. The van der Waals surface area contributed by atoms with Crippen LogP contribution >= 0.6 is 23.1 Å². The van der Waals surface area contributed by atoms with Crippen molar-refractivity contribution in [2.24, 2.45) is 0 Å². The second-order valence-corrected chi connectivity index (χ2v) is 8.60. The molecule has 0 aliphatic heterocycles. The molecule has 5 rings (SSSR count). The molecule has 148 valence electrons. The lowest BCUT2D eigenvalue weighted by Crippen LogP contribution is -2.19. The molecule has 1 aliphatic rings. The molecule has 11 heteroatoms. The lowest BCUT2D eigenvalue weighted by molar-refractivity contribution is -0.141. The van der Waals surface area contributed by atoms with Crippen LogP contribution in [0.5, 0.6) is 0 Å². The quantitative estimate of drug-likeness (QED) is 0.439. The van der Waals surface area contributed by atoms with Crippen molar-refractivity contribution in [1.82, 2.24) is 29.7 Å². The van der Waals surface area contributed by atoms with Crippen LogP contribution in [0.15, 0.2) is 41.0 Å². The van der Waals surface area contributed by atoms with Gasteiger partial charge in [0.15, 0.2) is 11.0 Å². The monoisotopic (exact) mass is 434 g/mol. The third-order valence-electron chi connectivity index (χ3n) is 4.65. The zero-order chi connectivity index (χ0) is 20.0. The number of rotatable bonds is 4. The fourth-order valence-corrected chi connectivity index (χ4v) is 5.70. The number of aromatic nitrogens is 6. The summed E-state index contributed by atoms with van der Waals surface area (Å²) in [5.74, 6) is 0.146.